The number of amides is 5. The molecule has 54 heavy (non-hydrogen) atoms. The predicted octanol–water partition coefficient (Wildman–Crippen LogP) is 3.47. The molecule has 1 fully saturated rings. The number of allylic oxidation sites excluding steroid dienone is 2. The minimum absolute atomic E-state index is 0.0123. The van der Waals surface area contributed by atoms with Crippen LogP contribution in [0.5, 0.6) is 11.5 Å². The number of nitrogens with zero attached hydrogens (tertiary/aromatic N) is 3. The molecule has 2 aliphatic rings. The first-order valence-electron chi connectivity index (χ1n) is 17.2. The van der Waals surface area contributed by atoms with Crippen molar-refractivity contribution in [1.82, 2.24) is 25.5 Å². The van der Waals surface area contributed by atoms with Gasteiger partial charge in [-0.1, -0.05) is 24.3 Å². The second kappa shape index (κ2) is 18.2. The van der Waals surface area contributed by atoms with Gasteiger partial charge in [0.2, 0.25) is 11.8 Å². The fourth-order valence-electron chi connectivity index (χ4n) is 5.64. The average Bonchev–Trinajstić information content (AvgIpc) is 3.70. The first kappa shape index (κ1) is 37.8. The largest absolute Gasteiger partial charge is 0.491 e. The Bertz CT molecular complexity index is 2080. The molecule has 1 saturated heterocycles. The van der Waals surface area contributed by atoms with Crippen LogP contribution in [0.1, 0.15) is 44.1 Å². The summed E-state index contributed by atoms with van der Waals surface area (Å²) in [5.74, 6) is -1.40. The summed E-state index contributed by atoms with van der Waals surface area (Å²) in [4.78, 5) is 72.1. The molecule has 280 valence electrons. The van der Waals surface area contributed by atoms with Gasteiger partial charge in [0.25, 0.3) is 17.7 Å². The molecule has 4 heterocycles. The highest BCUT2D eigenvalue weighted by atomic mass is 32.1. The first-order chi connectivity index (χ1) is 26.3. The van der Waals surface area contributed by atoms with Crippen LogP contribution in [0.3, 0.4) is 0 Å². The van der Waals surface area contributed by atoms with Gasteiger partial charge < -0.3 is 29.6 Å². The molecular weight excluding hydrogens is 717 g/mol. The summed E-state index contributed by atoms with van der Waals surface area (Å²) >= 11 is 1.57. The topological polar surface area (TPSA) is 187 Å². The van der Waals surface area contributed by atoms with Crippen molar-refractivity contribution in [1.29, 1.82) is 0 Å². The lowest BCUT2D eigenvalue weighted by molar-refractivity contribution is -0.136. The lowest BCUT2D eigenvalue weighted by Crippen LogP contribution is -2.54. The summed E-state index contributed by atoms with van der Waals surface area (Å²) in [6, 6.07) is 13.0. The average molecular weight is 755 g/mol. The summed E-state index contributed by atoms with van der Waals surface area (Å²) in [6.45, 7) is 1.45. The van der Waals surface area contributed by atoms with E-state index in [9.17, 15) is 24.0 Å². The standard InChI is InChI=1S/C38H38N6O9S/c1-39-31-13-9-24(22-41-31)5-2-3-8-34-42-27-11-10-25(21-30(27)54-34)52-20-19-51-18-17-50-16-15-40-33(46)23-53-29-7-4-6-26-35(29)38(49)44(37(26)48)28-12-14-32(45)43-36(28)47/h2-11,13,21-22,28H,12,14-20,23H2,1H3,(H,39,41)(H,40,46)(H,43,45,47)/b5-2+,8-3+. The lowest BCUT2D eigenvalue weighted by atomic mass is 10.0. The second-order valence-electron chi connectivity index (χ2n) is 12.0. The number of carbonyl (C=O) groups is 5. The first-order valence-corrected chi connectivity index (χ1v) is 18.0. The van der Waals surface area contributed by atoms with Gasteiger partial charge in [0.15, 0.2) is 6.61 Å². The fraction of sp³-hybridized carbons (Fsp3) is 0.289. The maximum absolute atomic E-state index is 13.2. The van der Waals surface area contributed by atoms with E-state index in [-0.39, 0.29) is 42.9 Å². The van der Waals surface area contributed by atoms with Crippen LogP contribution in [0, 0.1) is 0 Å². The molecule has 0 bridgehead atoms. The molecule has 0 saturated carbocycles. The highest BCUT2D eigenvalue weighted by Crippen LogP contribution is 2.33. The maximum atomic E-state index is 13.2. The Labute approximate surface area is 314 Å². The number of carbonyl (C=O) groups excluding carboxylic acids is 5. The number of anilines is 1. The molecule has 16 heteroatoms. The second-order valence-corrected chi connectivity index (χ2v) is 13.0. The Hall–Kier alpha value is -5.97. The van der Waals surface area contributed by atoms with Gasteiger partial charge in [0.05, 0.1) is 47.8 Å². The Balaban J connectivity index is 0.828. The number of fused-ring (bicyclic) bond motifs is 2. The molecule has 6 rings (SSSR count). The van der Waals surface area contributed by atoms with Crippen LogP contribution in [-0.2, 0) is 23.9 Å². The number of hydrogen-bond acceptors (Lipinski definition) is 13. The van der Waals surface area contributed by atoms with E-state index >= 15 is 0 Å². The molecule has 2 aromatic carbocycles. The van der Waals surface area contributed by atoms with Crippen molar-refractivity contribution >= 4 is 69.1 Å². The van der Waals surface area contributed by atoms with Crippen LogP contribution in [0.2, 0.25) is 0 Å². The number of piperidine rings is 1. The Morgan fingerprint density at radius 1 is 0.963 bits per heavy atom. The van der Waals surface area contributed by atoms with Crippen molar-refractivity contribution in [2.45, 2.75) is 18.9 Å². The summed E-state index contributed by atoms with van der Waals surface area (Å²) < 4.78 is 23.5. The fourth-order valence-corrected chi connectivity index (χ4v) is 6.55. The molecule has 1 unspecified atom stereocenters. The monoisotopic (exact) mass is 754 g/mol. The van der Waals surface area contributed by atoms with Crippen LogP contribution in [-0.4, -0.2) is 104 Å². The SMILES string of the molecule is CNc1ccc(/C=C/C=C/c2nc3ccc(OCCOCCOCCNC(=O)COc4cccc5c4C(=O)N(C4CCC(=O)NC4=O)C5=O)cc3s2)cn1. The third-order valence-electron chi connectivity index (χ3n) is 8.28. The molecule has 5 amide bonds. The number of hydrogen-bond donors (Lipinski definition) is 3. The molecule has 2 aliphatic heterocycles. The van der Waals surface area contributed by atoms with E-state index in [4.69, 9.17) is 18.9 Å². The summed E-state index contributed by atoms with van der Waals surface area (Å²) in [5.41, 5.74) is 1.94. The van der Waals surface area contributed by atoms with E-state index in [0.717, 1.165) is 37.3 Å². The quantitative estimate of drug-likeness (QED) is 0.0764. The highest BCUT2D eigenvalue weighted by Gasteiger charge is 2.46. The molecule has 3 N–H and O–H groups in total. The Morgan fingerprint density at radius 2 is 1.78 bits per heavy atom. The van der Waals surface area contributed by atoms with Crippen molar-refractivity contribution in [3.63, 3.8) is 0 Å². The smallest absolute Gasteiger partial charge is 0.266 e. The normalized spacial score (nSPS) is 15.6. The van der Waals surface area contributed by atoms with Gasteiger partial charge >= 0.3 is 0 Å². The predicted molar refractivity (Wildman–Crippen MR) is 200 cm³/mol. The number of nitrogens with one attached hydrogen (secondary N) is 3. The molecule has 1 atom stereocenters. The van der Waals surface area contributed by atoms with Crippen molar-refractivity contribution in [2.24, 2.45) is 0 Å². The number of rotatable bonds is 18. The number of ether oxygens (including phenoxy) is 4. The van der Waals surface area contributed by atoms with Crippen LogP contribution < -0.4 is 25.4 Å². The van der Waals surface area contributed by atoms with E-state index in [0.29, 0.717) is 26.4 Å². The van der Waals surface area contributed by atoms with E-state index in [1.807, 2.05) is 61.7 Å². The number of imide groups is 2. The Kier molecular flexibility index (Phi) is 12.7. The molecular formula is C38H38N6O9S. The molecule has 4 aromatic rings. The molecule has 0 aliphatic carbocycles. The van der Waals surface area contributed by atoms with Crippen molar-refractivity contribution in [3.8, 4) is 11.5 Å². The number of aromatic nitrogens is 2. The van der Waals surface area contributed by atoms with Crippen molar-refractivity contribution in [3.05, 3.63) is 88.6 Å². The number of pyridine rings is 1. The van der Waals surface area contributed by atoms with Crippen molar-refractivity contribution in [2.75, 3.05) is 58.6 Å². The Morgan fingerprint density at radius 3 is 2.57 bits per heavy atom. The van der Waals surface area contributed by atoms with Crippen LogP contribution in [0.4, 0.5) is 5.82 Å². The molecule has 0 spiro atoms. The van der Waals surface area contributed by atoms with E-state index in [1.165, 1.54) is 18.2 Å². The molecule has 2 aromatic heterocycles. The zero-order valence-electron chi connectivity index (χ0n) is 29.4. The van der Waals surface area contributed by atoms with E-state index in [1.54, 1.807) is 17.5 Å². The van der Waals surface area contributed by atoms with Crippen molar-refractivity contribution < 1.29 is 42.9 Å². The summed E-state index contributed by atoms with van der Waals surface area (Å²) in [6.07, 6.45) is 9.70. The highest BCUT2D eigenvalue weighted by molar-refractivity contribution is 7.19. The maximum Gasteiger partial charge on any atom is 0.266 e. The van der Waals surface area contributed by atoms with Gasteiger partial charge in [-0.2, -0.15) is 0 Å². The van der Waals surface area contributed by atoms with E-state index in [2.05, 4.69) is 25.9 Å². The molecule has 0 radical (unpaired) electrons. The van der Waals surface area contributed by atoms with Crippen LogP contribution >= 0.6 is 11.3 Å². The van der Waals surface area contributed by atoms with Gasteiger partial charge in [-0.05, 0) is 60.5 Å². The van der Waals surface area contributed by atoms with E-state index < -0.39 is 42.2 Å². The zero-order chi connectivity index (χ0) is 37.9. The minimum Gasteiger partial charge on any atom is -0.491 e. The summed E-state index contributed by atoms with van der Waals surface area (Å²) in [5, 5.41) is 8.71. The van der Waals surface area contributed by atoms with Gasteiger partial charge in [0.1, 0.15) is 35.0 Å². The third-order valence-corrected chi connectivity index (χ3v) is 9.27. The molecule has 15 nitrogen and oxygen atoms in total. The van der Waals surface area contributed by atoms with Gasteiger partial charge in [-0.3, -0.25) is 34.2 Å². The zero-order valence-corrected chi connectivity index (χ0v) is 30.2. The number of benzene rings is 2. The minimum atomic E-state index is -1.10. The van der Waals surface area contributed by atoms with Gasteiger partial charge in [0, 0.05) is 26.2 Å². The van der Waals surface area contributed by atoms with Gasteiger partial charge in [-0.15, -0.1) is 11.3 Å². The number of thiazole rings is 1. The lowest BCUT2D eigenvalue weighted by Gasteiger charge is -2.27. The van der Waals surface area contributed by atoms with Crippen LogP contribution in [0.25, 0.3) is 22.4 Å². The summed E-state index contributed by atoms with van der Waals surface area (Å²) in [7, 11) is 1.83. The van der Waals surface area contributed by atoms with Crippen LogP contribution in [0.15, 0.2) is 66.9 Å². The third kappa shape index (κ3) is 9.52. The van der Waals surface area contributed by atoms with Gasteiger partial charge in [-0.25, -0.2) is 9.97 Å².